The number of rotatable bonds is 4. The van der Waals surface area contributed by atoms with E-state index in [0.717, 1.165) is 24.1 Å². The molecule has 1 heterocycles. The number of nitro benzene ring substituents is 1. The van der Waals surface area contributed by atoms with Gasteiger partial charge < -0.3 is 14.5 Å². The van der Waals surface area contributed by atoms with Gasteiger partial charge in [-0.2, -0.15) is 0 Å². The molecule has 0 saturated heterocycles. The average molecular weight is 369 g/mol. The Balaban J connectivity index is 2.02. The molecule has 0 N–H and O–H groups in total. The third-order valence-electron chi connectivity index (χ3n) is 5.02. The minimum Gasteiger partial charge on any atom is -0.490 e. The summed E-state index contributed by atoms with van der Waals surface area (Å²) in [7, 11) is 5.39. The van der Waals surface area contributed by atoms with E-state index in [2.05, 4.69) is 4.90 Å². The molecule has 1 amide bonds. The molecular weight excluding hydrogens is 346 g/mol. The maximum Gasteiger partial charge on any atom is 0.310 e. The highest BCUT2D eigenvalue weighted by Gasteiger charge is 2.29. The van der Waals surface area contributed by atoms with Gasteiger partial charge >= 0.3 is 5.69 Å². The van der Waals surface area contributed by atoms with Crippen molar-refractivity contribution in [2.24, 2.45) is 0 Å². The number of aryl methyl sites for hydroxylation is 1. The number of carbonyl (C=O) groups excluding carboxylic acids is 1. The van der Waals surface area contributed by atoms with Crippen LogP contribution in [0.4, 0.5) is 11.4 Å². The SMILES string of the molecule is COc1cc(C(=O)N2CC(N(C)C)CCc3ccccc32)ccc1[N+](=O)[O-]. The second-order valence-electron chi connectivity index (χ2n) is 6.84. The Morgan fingerprint density at radius 3 is 2.67 bits per heavy atom. The number of amides is 1. The van der Waals surface area contributed by atoms with Gasteiger partial charge in [-0.3, -0.25) is 14.9 Å². The van der Waals surface area contributed by atoms with Crippen LogP contribution < -0.4 is 9.64 Å². The lowest BCUT2D eigenvalue weighted by Crippen LogP contribution is -2.42. The number of para-hydroxylation sites is 1. The normalized spacial score (nSPS) is 16.6. The van der Waals surface area contributed by atoms with Gasteiger partial charge in [0, 0.05) is 36.0 Å². The number of hydrogen-bond donors (Lipinski definition) is 0. The lowest BCUT2D eigenvalue weighted by Gasteiger charge is -2.29. The molecule has 1 atom stereocenters. The Hall–Kier alpha value is -2.93. The van der Waals surface area contributed by atoms with Gasteiger partial charge in [-0.25, -0.2) is 0 Å². The fourth-order valence-corrected chi connectivity index (χ4v) is 3.44. The van der Waals surface area contributed by atoms with E-state index in [-0.39, 0.29) is 23.4 Å². The van der Waals surface area contributed by atoms with Crippen LogP contribution in [-0.2, 0) is 6.42 Å². The molecule has 7 heteroatoms. The molecule has 0 saturated carbocycles. The molecule has 1 aliphatic heterocycles. The summed E-state index contributed by atoms with van der Waals surface area (Å²) in [6.45, 7) is 0.558. The van der Waals surface area contributed by atoms with Crippen molar-refractivity contribution in [3.05, 3.63) is 63.7 Å². The van der Waals surface area contributed by atoms with Gasteiger partial charge in [-0.05, 0) is 44.6 Å². The molecule has 0 bridgehead atoms. The maximum absolute atomic E-state index is 13.3. The Morgan fingerprint density at radius 2 is 2.00 bits per heavy atom. The molecule has 0 aromatic heterocycles. The van der Waals surface area contributed by atoms with Crippen molar-refractivity contribution in [1.82, 2.24) is 4.90 Å². The lowest BCUT2D eigenvalue weighted by molar-refractivity contribution is -0.385. The third-order valence-corrected chi connectivity index (χ3v) is 5.02. The summed E-state index contributed by atoms with van der Waals surface area (Å²) in [5, 5.41) is 11.1. The highest BCUT2D eigenvalue weighted by atomic mass is 16.6. The van der Waals surface area contributed by atoms with Crippen molar-refractivity contribution in [2.45, 2.75) is 18.9 Å². The highest BCUT2D eigenvalue weighted by molar-refractivity contribution is 6.07. The molecule has 0 aliphatic carbocycles. The summed E-state index contributed by atoms with van der Waals surface area (Å²) < 4.78 is 5.12. The van der Waals surface area contributed by atoms with E-state index < -0.39 is 4.92 Å². The largest absolute Gasteiger partial charge is 0.490 e. The molecule has 2 aromatic carbocycles. The number of methoxy groups -OCH3 is 1. The van der Waals surface area contributed by atoms with E-state index >= 15 is 0 Å². The van der Waals surface area contributed by atoms with Crippen LogP contribution in [0.15, 0.2) is 42.5 Å². The summed E-state index contributed by atoms with van der Waals surface area (Å²) in [6.07, 6.45) is 1.85. The van der Waals surface area contributed by atoms with Crippen LogP contribution in [0.5, 0.6) is 5.75 Å². The first-order valence-electron chi connectivity index (χ1n) is 8.81. The lowest BCUT2D eigenvalue weighted by atomic mass is 10.1. The van der Waals surface area contributed by atoms with Crippen LogP contribution in [0.1, 0.15) is 22.3 Å². The van der Waals surface area contributed by atoms with Crippen LogP contribution in [0.25, 0.3) is 0 Å². The summed E-state index contributed by atoms with van der Waals surface area (Å²) >= 11 is 0. The Bertz CT molecular complexity index is 866. The molecule has 7 nitrogen and oxygen atoms in total. The van der Waals surface area contributed by atoms with E-state index in [1.807, 2.05) is 38.4 Å². The van der Waals surface area contributed by atoms with E-state index in [1.165, 1.54) is 25.3 Å². The first kappa shape index (κ1) is 18.8. The summed E-state index contributed by atoms with van der Waals surface area (Å²) in [6, 6.07) is 12.4. The van der Waals surface area contributed by atoms with Crippen molar-refractivity contribution in [2.75, 3.05) is 32.6 Å². The number of hydrogen-bond acceptors (Lipinski definition) is 5. The van der Waals surface area contributed by atoms with Crippen molar-refractivity contribution in [1.29, 1.82) is 0 Å². The molecule has 0 radical (unpaired) electrons. The van der Waals surface area contributed by atoms with E-state index in [4.69, 9.17) is 4.74 Å². The maximum atomic E-state index is 13.3. The molecule has 1 unspecified atom stereocenters. The summed E-state index contributed by atoms with van der Waals surface area (Å²) in [5.41, 5.74) is 2.23. The third kappa shape index (κ3) is 3.78. The number of likely N-dealkylation sites (N-methyl/N-ethyl adjacent to an activating group) is 1. The Morgan fingerprint density at radius 1 is 1.26 bits per heavy atom. The number of nitro groups is 1. The van der Waals surface area contributed by atoms with Crippen LogP contribution in [0, 0.1) is 10.1 Å². The molecule has 0 spiro atoms. The highest BCUT2D eigenvalue weighted by Crippen LogP contribution is 2.31. The molecule has 1 aliphatic rings. The zero-order valence-electron chi connectivity index (χ0n) is 15.7. The molecule has 0 fully saturated rings. The van der Waals surface area contributed by atoms with Gasteiger partial charge in [0.2, 0.25) is 0 Å². The van der Waals surface area contributed by atoms with Crippen molar-refractivity contribution < 1.29 is 14.5 Å². The number of carbonyl (C=O) groups is 1. The topological polar surface area (TPSA) is 75.9 Å². The standard InChI is InChI=1S/C20H23N3O4/c1-21(2)16-10-8-14-6-4-5-7-17(14)22(13-16)20(24)15-9-11-18(23(25)26)19(12-15)27-3/h4-7,9,11-12,16H,8,10,13H2,1-3H3. The number of fused-ring (bicyclic) bond motifs is 1. The van der Waals surface area contributed by atoms with Crippen LogP contribution >= 0.6 is 0 Å². The van der Waals surface area contributed by atoms with Crippen molar-refractivity contribution in [3.8, 4) is 5.75 Å². The van der Waals surface area contributed by atoms with E-state index in [1.54, 1.807) is 4.90 Å². The predicted molar refractivity (Wildman–Crippen MR) is 104 cm³/mol. The summed E-state index contributed by atoms with van der Waals surface area (Å²) in [5.74, 6) is -0.109. The van der Waals surface area contributed by atoms with Crippen LogP contribution in [0.3, 0.4) is 0 Å². The zero-order valence-corrected chi connectivity index (χ0v) is 15.7. The predicted octanol–water partition coefficient (Wildman–Crippen LogP) is 3.13. The molecule has 2 aromatic rings. The second kappa shape index (κ2) is 7.75. The number of nitrogens with zero attached hydrogens (tertiary/aromatic N) is 3. The zero-order chi connectivity index (χ0) is 19.6. The summed E-state index contributed by atoms with van der Waals surface area (Å²) in [4.78, 5) is 27.8. The van der Waals surface area contributed by atoms with Crippen LogP contribution in [0.2, 0.25) is 0 Å². The molecular formula is C20H23N3O4. The van der Waals surface area contributed by atoms with Gasteiger partial charge in [-0.15, -0.1) is 0 Å². The second-order valence-corrected chi connectivity index (χ2v) is 6.84. The quantitative estimate of drug-likeness (QED) is 0.611. The average Bonchev–Trinajstić information content (AvgIpc) is 2.87. The first-order chi connectivity index (χ1) is 12.9. The van der Waals surface area contributed by atoms with Crippen molar-refractivity contribution in [3.63, 3.8) is 0 Å². The van der Waals surface area contributed by atoms with Gasteiger partial charge in [0.05, 0.1) is 12.0 Å². The fourth-order valence-electron chi connectivity index (χ4n) is 3.44. The van der Waals surface area contributed by atoms with Gasteiger partial charge in [0.25, 0.3) is 5.91 Å². The minimum atomic E-state index is -0.517. The van der Waals surface area contributed by atoms with E-state index in [0.29, 0.717) is 12.1 Å². The van der Waals surface area contributed by atoms with Crippen LogP contribution in [-0.4, -0.2) is 49.5 Å². The van der Waals surface area contributed by atoms with Gasteiger partial charge in [0.1, 0.15) is 0 Å². The fraction of sp³-hybridized carbons (Fsp3) is 0.350. The number of benzene rings is 2. The number of anilines is 1. The van der Waals surface area contributed by atoms with Crippen molar-refractivity contribution >= 4 is 17.3 Å². The molecule has 3 rings (SSSR count). The van der Waals surface area contributed by atoms with Gasteiger partial charge in [0.15, 0.2) is 5.75 Å². The monoisotopic (exact) mass is 369 g/mol. The number of ether oxygens (including phenoxy) is 1. The first-order valence-corrected chi connectivity index (χ1v) is 8.81. The Kier molecular flexibility index (Phi) is 5.41. The van der Waals surface area contributed by atoms with E-state index in [9.17, 15) is 14.9 Å². The smallest absolute Gasteiger partial charge is 0.310 e. The van der Waals surface area contributed by atoms with Gasteiger partial charge in [-0.1, -0.05) is 18.2 Å². The molecule has 27 heavy (non-hydrogen) atoms. The minimum absolute atomic E-state index is 0.0816. The Labute approximate surface area is 158 Å². The molecule has 142 valence electrons.